The summed E-state index contributed by atoms with van der Waals surface area (Å²) >= 11 is 3.39. The second-order valence-corrected chi connectivity index (χ2v) is 5.00. The van der Waals surface area contributed by atoms with Gasteiger partial charge in [-0.2, -0.15) is 0 Å². The van der Waals surface area contributed by atoms with E-state index in [9.17, 15) is 10.1 Å². The number of benzene rings is 1. The van der Waals surface area contributed by atoms with Gasteiger partial charge < -0.3 is 15.4 Å². The maximum Gasteiger partial charge on any atom is 0.363 e. The van der Waals surface area contributed by atoms with E-state index in [4.69, 9.17) is 0 Å². The Morgan fingerprint density at radius 1 is 1.26 bits per heavy atom. The highest BCUT2D eigenvalue weighted by Gasteiger charge is 2.09. The minimum atomic E-state index is -0.512. The molecule has 0 amide bonds. The molecule has 1 aromatic heterocycles. The molecule has 0 unspecified atom stereocenters. The Labute approximate surface area is 119 Å². The first-order chi connectivity index (χ1) is 9.06. The van der Waals surface area contributed by atoms with Gasteiger partial charge in [0.2, 0.25) is 0 Å². The summed E-state index contributed by atoms with van der Waals surface area (Å²) in [5.74, 6) is -0.151. The molecule has 0 aliphatic heterocycles. The SMILES string of the molecule is C[C@H](Nc1ccc([N+](=O)[O-])nc1)c1ccc(Br)cc1. The maximum absolute atomic E-state index is 10.5. The molecule has 6 heteroatoms. The van der Waals surface area contributed by atoms with Crippen LogP contribution in [-0.4, -0.2) is 9.91 Å². The van der Waals surface area contributed by atoms with Crippen LogP contribution >= 0.6 is 15.9 Å². The fourth-order valence-corrected chi connectivity index (χ4v) is 1.93. The van der Waals surface area contributed by atoms with E-state index in [1.165, 1.54) is 12.3 Å². The summed E-state index contributed by atoms with van der Waals surface area (Å²) in [4.78, 5) is 13.8. The molecule has 19 heavy (non-hydrogen) atoms. The van der Waals surface area contributed by atoms with E-state index in [-0.39, 0.29) is 11.9 Å². The van der Waals surface area contributed by atoms with Gasteiger partial charge in [0.05, 0.1) is 5.69 Å². The van der Waals surface area contributed by atoms with Crippen LogP contribution in [0, 0.1) is 10.1 Å². The largest absolute Gasteiger partial charge is 0.375 e. The standard InChI is InChI=1S/C13H12BrN3O2/c1-9(10-2-4-11(14)5-3-10)16-12-6-7-13(15-8-12)17(18)19/h2-9,16H,1H3/t9-/m0/s1. The summed E-state index contributed by atoms with van der Waals surface area (Å²) in [5, 5.41) is 13.7. The van der Waals surface area contributed by atoms with Crippen LogP contribution in [0.3, 0.4) is 0 Å². The minimum absolute atomic E-state index is 0.0938. The predicted octanol–water partition coefficient (Wildman–Crippen LogP) is 3.93. The average Bonchev–Trinajstić information content (AvgIpc) is 2.40. The summed E-state index contributed by atoms with van der Waals surface area (Å²) in [6.45, 7) is 2.02. The minimum Gasteiger partial charge on any atom is -0.375 e. The number of aromatic nitrogens is 1. The molecule has 0 spiro atoms. The molecule has 1 aromatic carbocycles. The molecule has 0 aliphatic rings. The van der Waals surface area contributed by atoms with Crippen molar-refractivity contribution < 1.29 is 4.92 Å². The highest BCUT2D eigenvalue weighted by molar-refractivity contribution is 9.10. The second kappa shape index (κ2) is 5.79. The van der Waals surface area contributed by atoms with Crippen molar-refractivity contribution in [1.82, 2.24) is 4.98 Å². The normalized spacial score (nSPS) is 11.9. The van der Waals surface area contributed by atoms with E-state index in [0.29, 0.717) is 0 Å². The van der Waals surface area contributed by atoms with Crippen LogP contribution < -0.4 is 5.32 Å². The van der Waals surface area contributed by atoms with Crippen LogP contribution in [0.5, 0.6) is 0 Å². The molecule has 1 atom stereocenters. The van der Waals surface area contributed by atoms with Crippen LogP contribution in [0.4, 0.5) is 11.5 Å². The first-order valence-corrected chi connectivity index (χ1v) is 6.48. The van der Waals surface area contributed by atoms with Crippen LogP contribution in [-0.2, 0) is 0 Å². The lowest BCUT2D eigenvalue weighted by Crippen LogP contribution is -2.06. The number of hydrogen-bond donors (Lipinski definition) is 1. The summed E-state index contributed by atoms with van der Waals surface area (Å²) in [6, 6.07) is 11.1. The van der Waals surface area contributed by atoms with Gasteiger partial charge in [-0.15, -0.1) is 0 Å². The van der Waals surface area contributed by atoms with Gasteiger partial charge >= 0.3 is 5.82 Å². The van der Waals surface area contributed by atoms with Crippen molar-refractivity contribution in [3.05, 3.63) is 62.7 Å². The number of halogens is 1. The molecule has 1 N–H and O–H groups in total. The Morgan fingerprint density at radius 3 is 2.47 bits per heavy atom. The molecular weight excluding hydrogens is 310 g/mol. The number of nitro groups is 1. The van der Waals surface area contributed by atoms with Crippen LogP contribution in [0.1, 0.15) is 18.5 Å². The maximum atomic E-state index is 10.5. The van der Waals surface area contributed by atoms with Crippen LogP contribution in [0.25, 0.3) is 0 Å². The molecule has 0 aliphatic carbocycles. The Balaban J connectivity index is 2.08. The molecule has 0 saturated heterocycles. The lowest BCUT2D eigenvalue weighted by atomic mass is 10.1. The first-order valence-electron chi connectivity index (χ1n) is 5.68. The van der Waals surface area contributed by atoms with Gasteiger partial charge in [0.15, 0.2) is 6.20 Å². The molecule has 0 saturated carbocycles. The number of anilines is 1. The smallest absolute Gasteiger partial charge is 0.363 e. The number of hydrogen-bond acceptors (Lipinski definition) is 4. The zero-order valence-corrected chi connectivity index (χ0v) is 11.8. The third-order valence-electron chi connectivity index (χ3n) is 2.69. The number of nitrogens with one attached hydrogen (secondary N) is 1. The molecule has 1 heterocycles. The predicted molar refractivity (Wildman–Crippen MR) is 77.1 cm³/mol. The molecule has 0 bridgehead atoms. The zero-order valence-electron chi connectivity index (χ0n) is 10.2. The summed E-state index contributed by atoms with van der Waals surface area (Å²) in [6.07, 6.45) is 1.47. The third kappa shape index (κ3) is 3.51. The number of rotatable bonds is 4. The highest BCUT2D eigenvalue weighted by atomic mass is 79.9. The molecular formula is C13H12BrN3O2. The molecule has 2 aromatic rings. The average molecular weight is 322 g/mol. The van der Waals surface area contributed by atoms with E-state index < -0.39 is 4.92 Å². The molecule has 0 radical (unpaired) electrons. The Bertz CT molecular complexity index is 569. The van der Waals surface area contributed by atoms with Gasteiger partial charge in [0.25, 0.3) is 0 Å². The van der Waals surface area contributed by atoms with Gasteiger partial charge in [0, 0.05) is 16.6 Å². The van der Waals surface area contributed by atoms with E-state index in [0.717, 1.165) is 15.7 Å². The van der Waals surface area contributed by atoms with Crippen LogP contribution in [0.15, 0.2) is 47.1 Å². The molecule has 2 rings (SSSR count). The Hall–Kier alpha value is -1.95. The second-order valence-electron chi connectivity index (χ2n) is 4.08. The molecule has 5 nitrogen and oxygen atoms in total. The Kier molecular flexibility index (Phi) is 4.11. The van der Waals surface area contributed by atoms with Crippen molar-refractivity contribution in [3.8, 4) is 0 Å². The first kappa shape index (κ1) is 13.5. The summed E-state index contributed by atoms with van der Waals surface area (Å²) < 4.78 is 1.03. The van der Waals surface area contributed by atoms with E-state index in [2.05, 4.69) is 26.2 Å². The Morgan fingerprint density at radius 2 is 1.95 bits per heavy atom. The quantitative estimate of drug-likeness (QED) is 0.684. The van der Waals surface area contributed by atoms with Crippen molar-refractivity contribution in [1.29, 1.82) is 0 Å². The number of pyridine rings is 1. The van der Waals surface area contributed by atoms with E-state index in [1.54, 1.807) is 6.07 Å². The topological polar surface area (TPSA) is 68.1 Å². The van der Waals surface area contributed by atoms with E-state index in [1.807, 2.05) is 31.2 Å². The van der Waals surface area contributed by atoms with Crippen molar-refractivity contribution in [3.63, 3.8) is 0 Å². The third-order valence-corrected chi connectivity index (χ3v) is 3.22. The highest BCUT2D eigenvalue weighted by Crippen LogP contribution is 2.21. The van der Waals surface area contributed by atoms with Crippen molar-refractivity contribution >= 4 is 27.4 Å². The van der Waals surface area contributed by atoms with Gasteiger partial charge in [-0.3, -0.25) is 0 Å². The molecule has 0 fully saturated rings. The van der Waals surface area contributed by atoms with Crippen molar-refractivity contribution in [2.75, 3.05) is 5.32 Å². The van der Waals surface area contributed by atoms with E-state index >= 15 is 0 Å². The van der Waals surface area contributed by atoms with Crippen molar-refractivity contribution in [2.24, 2.45) is 0 Å². The molecule has 98 valence electrons. The lowest BCUT2D eigenvalue weighted by molar-refractivity contribution is -0.389. The van der Waals surface area contributed by atoms with Crippen molar-refractivity contribution in [2.45, 2.75) is 13.0 Å². The summed E-state index contributed by atoms with van der Waals surface area (Å²) in [7, 11) is 0. The van der Waals surface area contributed by atoms with Gasteiger partial charge in [0.1, 0.15) is 0 Å². The summed E-state index contributed by atoms with van der Waals surface area (Å²) in [5.41, 5.74) is 1.88. The monoisotopic (exact) mass is 321 g/mol. The fraction of sp³-hybridized carbons (Fsp3) is 0.154. The zero-order chi connectivity index (χ0) is 13.8. The fourth-order valence-electron chi connectivity index (χ4n) is 1.66. The van der Waals surface area contributed by atoms with Gasteiger partial charge in [-0.05, 0) is 40.6 Å². The van der Waals surface area contributed by atoms with Gasteiger partial charge in [-0.25, -0.2) is 0 Å². The lowest BCUT2D eigenvalue weighted by Gasteiger charge is -2.14. The van der Waals surface area contributed by atoms with Gasteiger partial charge in [-0.1, -0.05) is 28.1 Å². The van der Waals surface area contributed by atoms with Crippen LogP contribution in [0.2, 0.25) is 0 Å². The number of nitrogens with zero attached hydrogens (tertiary/aromatic N) is 2.